The summed E-state index contributed by atoms with van der Waals surface area (Å²) in [6.45, 7) is 4.47. The summed E-state index contributed by atoms with van der Waals surface area (Å²) in [5.41, 5.74) is 5.63. The summed E-state index contributed by atoms with van der Waals surface area (Å²) < 4.78 is 27.6. The molecule has 0 atom stereocenters. The van der Waals surface area contributed by atoms with Gasteiger partial charge < -0.3 is 11.1 Å². The Kier molecular flexibility index (Phi) is 8.90. The molecule has 1 amide bonds. The van der Waals surface area contributed by atoms with Gasteiger partial charge in [0, 0.05) is 23.5 Å². The highest BCUT2D eigenvalue weighted by Crippen LogP contribution is 2.17. The maximum absolute atomic E-state index is 12.6. The lowest BCUT2D eigenvalue weighted by Gasteiger charge is -2.31. The smallest absolute Gasteiger partial charge is 0.251 e. The summed E-state index contributed by atoms with van der Waals surface area (Å²) in [4.78, 5) is 13.6. The molecule has 0 aliphatic rings. The molecule has 9 heteroatoms. The van der Waals surface area contributed by atoms with E-state index in [0.717, 1.165) is 4.88 Å². The number of benzene rings is 1. The van der Waals surface area contributed by atoms with Crippen LogP contribution in [0.25, 0.3) is 0 Å². The van der Waals surface area contributed by atoms with E-state index in [1.54, 1.807) is 12.1 Å². The van der Waals surface area contributed by atoms with Gasteiger partial charge in [-0.15, -0.1) is 23.7 Å². The summed E-state index contributed by atoms with van der Waals surface area (Å²) in [7, 11) is -3.70. The van der Waals surface area contributed by atoms with Crippen LogP contribution in [0, 0.1) is 0 Å². The molecule has 0 spiro atoms. The number of hydrogen-bond acceptors (Lipinski definition) is 5. The van der Waals surface area contributed by atoms with E-state index in [4.69, 9.17) is 5.73 Å². The average Bonchev–Trinajstić information content (AvgIpc) is 3.18. The lowest BCUT2D eigenvalue weighted by Crippen LogP contribution is -2.52. The molecule has 2 rings (SSSR count). The van der Waals surface area contributed by atoms with Gasteiger partial charge in [-0.2, -0.15) is 0 Å². The van der Waals surface area contributed by atoms with Crippen molar-refractivity contribution in [2.24, 2.45) is 5.73 Å². The molecule has 0 unspecified atom stereocenters. The highest BCUT2D eigenvalue weighted by Gasteiger charge is 2.27. The molecule has 0 radical (unpaired) electrons. The van der Waals surface area contributed by atoms with E-state index >= 15 is 0 Å². The molecule has 2 aromatic rings. The average molecular weight is 432 g/mol. The molecule has 0 bridgehead atoms. The molecule has 4 N–H and O–H groups in total. The number of carbonyl (C=O) groups excluding carboxylic acids is 1. The van der Waals surface area contributed by atoms with Crippen LogP contribution in [0.5, 0.6) is 0 Å². The van der Waals surface area contributed by atoms with Gasteiger partial charge in [0.05, 0.1) is 10.4 Å². The third-order valence-electron chi connectivity index (χ3n) is 4.55. The lowest BCUT2D eigenvalue weighted by molar-refractivity contribution is 0.0895. The van der Waals surface area contributed by atoms with Crippen LogP contribution in [0.15, 0.2) is 46.7 Å². The Hall–Kier alpha value is -1.45. The molecular weight excluding hydrogens is 406 g/mol. The maximum atomic E-state index is 12.6. The molecule has 150 valence electrons. The number of rotatable bonds is 9. The summed E-state index contributed by atoms with van der Waals surface area (Å²) in [5, 5.41) is 4.84. The molecule has 0 saturated heterocycles. The van der Waals surface area contributed by atoms with Gasteiger partial charge in [-0.25, -0.2) is 13.1 Å². The van der Waals surface area contributed by atoms with Crippen molar-refractivity contribution in [3.8, 4) is 0 Å². The summed E-state index contributed by atoms with van der Waals surface area (Å²) in [5.74, 6) is -0.325. The molecule has 6 nitrogen and oxygen atoms in total. The van der Waals surface area contributed by atoms with Gasteiger partial charge in [-0.3, -0.25) is 4.79 Å². The van der Waals surface area contributed by atoms with Crippen molar-refractivity contribution in [2.45, 2.75) is 43.7 Å². The molecule has 0 aliphatic heterocycles. The largest absolute Gasteiger partial charge is 0.345 e. The summed E-state index contributed by atoms with van der Waals surface area (Å²) in [6.07, 6.45) is 1.40. The van der Waals surface area contributed by atoms with E-state index < -0.39 is 15.6 Å². The van der Waals surface area contributed by atoms with Gasteiger partial charge in [0.25, 0.3) is 5.91 Å². The summed E-state index contributed by atoms with van der Waals surface area (Å²) in [6, 6.07) is 9.75. The minimum atomic E-state index is -3.70. The first kappa shape index (κ1) is 23.6. The molecular formula is C18H26ClN3O3S2. The zero-order valence-corrected chi connectivity index (χ0v) is 17.8. The van der Waals surface area contributed by atoms with Crippen LogP contribution in [-0.2, 0) is 16.6 Å². The van der Waals surface area contributed by atoms with Crippen molar-refractivity contribution in [1.82, 2.24) is 10.0 Å². The molecule has 1 aromatic carbocycles. The van der Waals surface area contributed by atoms with Crippen molar-refractivity contribution in [3.63, 3.8) is 0 Å². The van der Waals surface area contributed by atoms with E-state index in [0.29, 0.717) is 24.9 Å². The maximum Gasteiger partial charge on any atom is 0.251 e. The Balaban J connectivity index is 0.00000364. The van der Waals surface area contributed by atoms with Crippen LogP contribution in [0.2, 0.25) is 0 Å². The van der Waals surface area contributed by atoms with Crippen LogP contribution in [0.4, 0.5) is 0 Å². The van der Waals surface area contributed by atoms with E-state index in [1.165, 1.54) is 23.5 Å². The number of carbonyl (C=O) groups is 1. The number of hydrogen-bond donors (Lipinski definition) is 3. The van der Waals surface area contributed by atoms with Gasteiger partial charge in [0.2, 0.25) is 10.0 Å². The first-order valence-electron chi connectivity index (χ1n) is 8.50. The molecule has 1 aromatic heterocycles. The predicted molar refractivity (Wildman–Crippen MR) is 112 cm³/mol. The second kappa shape index (κ2) is 10.2. The van der Waals surface area contributed by atoms with E-state index in [9.17, 15) is 13.2 Å². The molecule has 0 aliphatic carbocycles. The highest BCUT2D eigenvalue weighted by molar-refractivity contribution is 7.89. The number of nitrogens with two attached hydrogens (primary N) is 1. The first-order valence-corrected chi connectivity index (χ1v) is 10.9. The third kappa shape index (κ3) is 6.02. The number of halogens is 1. The number of nitrogens with one attached hydrogen (secondary N) is 2. The van der Waals surface area contributed by atoms with Crippen molar-refractivity contribution < 1.29 is 13.2 Å². The van der Waals surface area contributed by atoms with Gasteiger partial charge in [0.15, 0.2) is 0 Å². The zero-order valence-electron chi connectivity index (χ0n) is 15.4. The van der Waals surface area contributed by atoms with E-state index in [-0.39, 0.29) is 29.8 Å². The monoisotopic (exact) mass is 431 g/mol. The van der Waals surface area contributed by atoms with Gasteiger partial charge >= 0.3 is 0 Å². The Morgan fingerprint density at radius 2 is 1.89 bits per heavy atom. The Labute approximate surface area is 171 Å². The molecule has 1 heterocycles. The topological polar surface area (TPSA) is 101 Å². The van der Waals surface area contributed by atoms with Crippen LogP contribution >= 0.6 is 23.7 Å². The zero-order chi connectivity index (χ0) is 19.2. The molecule has 0 fully saturated rings. The van der Waals surface area contributed by atoms with Crippen molar-refractivity contribution in [2.75, 3.05) is 6.54 Å². The Bertz CT molecular complexity index is 827. The lowest BCUT2D eigenvalue weighted by atomic mass is 9.92. The molecule has 27 heavy (non-hydrogen) atoms. The quantitative estimate of drug-likeness (QED) is 0.568. The van der Waals surface area contributed by atoms with Crippen molar-refractivity contribution in [1.29, 1.82) is 0 Å². The van der Waals surface area contributed by atoms with Crippen molar-refractivity contribution in [3.05, 3.63) is 52.2 Å². The van der Waals surface area contributed by atoms with Crippen LogP contribution < -0.4 is 15.8 Å². The fourth-order valence-electron chi connectivity index (χ4n) is 2.55. The Morgan fingerprint density at radius 1 is 1.19 bits per heavy atom. The predicted octanol–water partition coefficient (Wildman–Crippen LogP) is 2.90. The second-order valence-electron chi connectivity index (χ2n) is 6.08. The third-order valence-corrected chi connectivity index (χ3v) is 6.82. The van der Waals surface area contributed by atoms with Crippen molar-refractivity contribution >= 4 is 39.7 Å². The standard InChI is InChI=1S/C18H25N3O3S2.ClH/c1-3-18(4-2,13-19)21-17(22)14-7-5-9-16(11-14)26(23,24)20-12-15-8-6-10-25-15;/h5-11,20H,3-4,12-13,19H2,1-2H3,(H,21,22);1H. The van der Waals surface area contributed by atoms with Gasteiger partial charge in [-0.05, 0) is 42.5 Å². The van der Waals surface area contributed by atoms with Crippen LogP contribution in [0.3, 0.4) is 0 Å². The molecule has 0 saturated carbocycles. The van der Waals surface area contributed by atoms with Gasteiger partial charge in [0.1, 0.15) is 0 Å². The Morgan fingerprint density at radius 3 is 2.44 bits per heavy atom. The number of sulfonamides is 1. The fraction of sp³-hybridized carbons (Fsp3) is 0.389. The summed E-state index contributed by atoms with van der Waals surface area (Å²) >= 11 is 1.48. The van der Waals surface area contributed by atoms with Gasteiger partial charge in [-0.1, -0.05) is 26.0 Å². The van der Waals surface area contributed by atoms with Crippen LogP contribution in [-0.4, -0.2) is 26.4 Å². The minimum Gasteiger partial charge on any atom is -0.345 e. The fourth-order valence-corrected chi connectivity index (χ4v) is 4.33. The number of thiophene rings is 1. The first-order chi connectivity index (χ1) is 12.4. The van der Waals surface area contributed by atoms with E-state index in [1.807, 2.05) is 31.4 Å². The van der Waals surface area contributed by atoms with Crippen LogP contribution in [0.1, 0.15) is 41.9 Å². The van der Waals surface area contributed by atoms with E-state index in [2.05, 4.69) is 10.0 Å². The SMILES string of the molecule is CCC(CC)(CN)NC(=O)c1cccc(S(=O)(=O)NCc2cccs2)c1.Cl. The normalized spacial score (nSPS) is 11.7. The number of amides is 1. The highest BCUT2D eigenvalue weighted by atomic mass is 35.5. The second-order valence-corrected chi connectivity index (χ2v) is 8.88. The minimum absolute atomic E-state index is 0.